The molecule has 0 spiro atoms. The van der Waals surface area contributed by atoms with Crippen LogP contribution in [0.5, 0.6) is 5.75 Å². The summed E-state index contributed by atoms with van der Waals surface area (Å²) in [7, 11) is 1.02. The summed E-state index contributed by atoms with van der Waals surface area (Å²) in [6.07, 6.45) is 0.949. The average molecular weight is 385 g/mol. The molecule has 0 radical (unpaired) electrons. The number of carboxylic acids is 1. The Balaban J connectivity index is 1.95. The normalized spacial score (nSPS) is 16.8. The van der Waals surface area contributed by atoms with E-state index in [4.69, 9.17) is 0 Å². The van der Waals surface area contributed by atoms with Crippen molar-refractivity contribution in [3.8, 4) is 16.2 Å². The van der Waals surface area contributed by atoms with Gasteiger partial charge in [-0.2, -0.15) is 4.39 Å². The highest BCUT2D eigenvalue weighted by molar-refractivity contribution is 7.17. The van der Waals surface area contributed by atoms with Crippen molar-refractivity contribution in [3.05, 3.63) is 40.5 Å². The van der Waals surface area contributed by atoms with E-state index in [1.54, 1.807) is 0 Å². The summed E-state index contributed by atoms with van der Waals surface area (Å²) in [5.41, 5.74) is -0.235. The van der Waals surface area contributed by atoms with Crippen molar-refractivity contribution >= 4 is 23.2 Å². The monoisotopic (exact) mass is 385 g/mol. The Morgan fingerprint density at radius 3 is 2.65 bits per heavy atom. The first kappa shape index (κ1) is 18.2. The molecule has 1 N–H and O–H groups in total. The third-order valence-corrected chi connectivity index (χ3v) is 5.31. The molecular weight excluding hydrogens is 371 g/mol. The van der Waals surface area contributed by atoms with E-state index >= 15 is 0 Å². The van der Waals surface area contributed by atoms with Gasteiger partial charge in [-0.1, -0.05) is 0 Å². The van der Waals surface area contributed by atoms with Crippen molar-refractivity contribution in [2.75, 3.05) is 13.7 Å². The molecule has 1 atom stereocenters. The van der Waals surface area contributed by atoms with Gasteiger partial charge < -0.3 is 14.7 Å². The lowest BCUT2D eigenvalue weighted by molar-refractivity contribution is -0.141. The van der Waals surface area contributed by atoms with Gasteiger partial charge in [0, 0.05) is 17.0 Å². The molecule has 1 aromatic heterocycles. The number of nitrogens with zero attached hydrogens (tertiary/aromatic N) is 1. The molecule has 1 aliphatic heterocycles. The number of likely N-dealkylation sites (tertiary alicyclic amines) is 1. The van der Waals surface area contributed by atoms with Gasteiger partial charge in [-0.15, -0.1) is 11.3 Å². The van der Waals surface area contributed by atoms with Crippen LogP contribution in [0, 0.1) is 17.5 Å². The molecule has 3 rings (SSSR count). The second kappa shape index (κ2) is 6.99. The van der Waals surface area contributed by atoms with Crippen molar-refractivity contribution in [1.82, 2.24) is 4.90 Å². The summed E-state index contributed by atoms with van der Waals surface area (Å²) >= 11 is 0.874. The van der Waals surface area contributed by atoms with Crippen molar-refractivity contribution in [3.63, 3.8) is 0 Å². The Morgan fingerprint density at radius 2 is 2.00 bits per heavy atom. The van der Waals surface area contributed by atoms with Gasteiger partial charge in [0.1, 0.15) is 6.04 Å². The molecule has 1 fully saturated rings. The van der Waals surface area contributed by atoms with Gasteiger partial charge in [0.25, 0.3) is 5.91 Å². The lowest BCUT2D eigenvalue weighted by atomic mass is 10.1. The van der Waals surface area contributed by atoms with E-state index in [2.05, 4.69) is 4.74 Å². The van der Waals surface area contributed by atoms with E-state index in [0.717, 1.165) is 18.4 Å². The summed E-state index contributed by atoms with van der Waals surface area (Å²) < 4.78 is 46.2. The van der Waals surface area contributed by atoms with E-state index in [1.807, 2.05) is 0 Å². The van der Waals surface area contributed by atoms with Crippen LogP contribution in [0.4, 0.5) is 13.2 Å². The second-order valence-corrected chi connectivity index (χ2v) is 6.81. The smallest absolute Gasteiger partial charge is 0.326 e. The minimum absolute atomic E-state index is 0.191. The zero-order valence-corrected chi connectivity index (χ0v) is 14.4. The number of ether oxygens (including phenoxy) is 1. The maximum atomic E-state index is 14.4. The Kier molecular flexibility index (Phi) is 4.90. The number of carbonyl (C=O) groups is 2. The number of methoxy groups -OCH3 is 1. The van der Waals surface area contributed by atoms with Crippen LogP contribution in [0.15, 0.2) is 18.2 Å². The first-order valence-electron chi connectivity index (χ1n) is 7.70. The molecule has 2 aromatic rings. The van der Waals surface area contributed by atoms with Gasteiger partial charge in [-0.3, -0.25) is 4.79 Å². The standard InChI is InChI=1S/C17H14F3NO4S/c1-25-15-13(19)8(7-9(18)14(15)20)11-4-5-12(26-11)16(22)21-6-2-3-10(21)17(23)24/h4-5,7,10H,2-3,6H2,1H3,(H,23,24)/t10-/m0/s1. The molecule has 26 heavy (non-hydrogen) atoms. The molecule has 138 valence electrons. The quantitative estimate of drug-likeness (QED) is 0.818. The summed E-state index contributed by atoms with van der Waals surface area (Å²) in [5.74, 6) is -6.18. The molecule has 5 nitrogen and oxygen atoms in total. The Bertz CT molecular complexity index is 883. The maximum Gasteiger partial charge on any atom is 0.326 e. The van der Waals surface area contributed by atoms with Crippen molar-refractivity contribution < 1.29 is 32.6 Å². The first-order chi connectivity index (χ1) is 12.3. The number of halogens is 3. The Morgan fingerprint density at radius 1 is 1.27 bits per heavy atom. The minimum atomic E-state index is -1.43. The zero-order chi connectivity index (χ0) is 19.0. The molecule has 1 aliphatic rings. The molecule has 1 amide bonds. The second-order valence-electron chi connectivity index (χ2n) is 5.73. The molecule has 0 unspecified atom stereocenters. The predicted molar refractivity (Wildman–Crippen MR) is 87.9 cm³/mol. The molecule has 0 aliphatic carbocycles. The summed E-state index contributed by atoms with van der Waals surface area (Å²) in [6, 6.07) is 2.61. The van der Waals surface area contributed by atoms with Gasteiger partial charge in [0.15, 0.2) is 17.4 Å². The fourth-order valence-electron chi connectivity index (χ4n) is 2.94. The van der Waals surface area contributed by atoms with Gasteiger partial charge in [-0.05, 0) is 31.0 Å². The highest BCUT2D eigenvalue weighted by Crippen LogP contribution is 2.37. The Labute approximate surface area is 150 Å². The molecule has 2 heterocycles. The molecule has 1 aromatic carbocycles. The van der Waals surface area contributed by atoms with E-state index in [9.17, 15) is 27.9 Å². The van der Waals surface area contributed by atoms with E-state index in [0.29, 0.717) is 25.5 Å². The fraction of sp³-hybridized carbons (Fsp3) is 0.294. The van der Waals surface area contributed by atoms with Gasteiger partial charge >= 0.3 is 5.97 Å². The summed E-state index contributed by atoms with van der Waals surface area (Å²) in [6.45, 7) is 0.316. The number of benzene rings is 1. The van der Waals surface area contributed by atoms with Crippen LogP contribution in [0.1, 0.15) is 22.5 Å². The molecule has 0 saturated carbocycles. The largest absolute Gasteiger partial charge is 0.491 e. The van der Waals surface area contributed by atoms with E-state index < -0.39 is 41.1 Å². The third-order valence-electron chi connectivity index (χ3n) is 4.20. The number of hydrogen-bond donors (Lipinski definition) is 1. The van der Waals surface area contributed by atoms with Crippen LogP contribution in [0.3, 0.4) is 0 Å². The van der Waals surface area contributed by atoms with Crippen LogP contribution in [-0.2, 0) is 4.79 Å². The van der Waals surface area contributed by atoms with Gasteiger partial charge in [0.2, 0.25) is 5.82 Å². The number of rotatable bonds is 4. The van der Waals surface area contributed by atoms with Crippen molar-refractivity contribution in [2.24, 2.45) is 0 Å². The van der Waals surface area contributed by atoms with Crippen LogP contribution >= 0.6 is 11.3 Å². The lowest BCUT2D eigenvalue weighted by Gasteiger charge is -2.20. The number of thiophene rings is 1. The Hall–Kier alpha value is -2.55. The summed E-state index contributed by atoms with van der Waals surface area (Å²) in [5, 5.41) is 9.18. The molecule has 9 heteroatoms. The fourth-order valence-corrected chi connectivity index (χ4v) is 3.92. The van der Waals surface area contributed by atoms with Crippen LogP contribution < -0.4 is 4.74 Å². The first-order valence-corrected chi connectivity index (χ1v) is 8.52. The average Bonchev–Trinajstić information content (AvgIpc) is 3.27. The highest BCUT2D eigenvalue weighted by atomic mass is 32.1. The molecule has 0 bridgehead atoms. The highest BCUT2D eigenvalue weighted by Gasteiger charge is 2.35. The number of aliphatic carboxylic acids is 1. The van der Waals surface area contributed by atoms with Gasteiger partial charge in [-0.25, -0.2) is 13.6 Å². The number of carboxylic acid groups (broad SMARTS) is 1. The topological polar surface area (TPSA) is 66.8 Å². The maximum absolute atomic E-state index is 14.4. The van der Waals surface area contributed by atoms with Crippen molar-refractivity contribution in [1.29, 1.82) is 0 Å². The number of amides is 1. The lowest BCUT2D eigenvalue weighted by Crippen LogP contribution is -2.40. The number of hydrogen-bond acceptors (Lipinski definition) is 4. The van der Waals surface area contributed by atoms with Crippen LogP contribution in [-0.4, -0.2) is 41.6 Å². The van der Waals surface area contributed by atoms with Gasteiger partial charge in [0.05, 0.1) is 12.0 Å². The van der Waals surface area contributed by atoms with Crippen LogP contribution in [0.25, 0.3) is 10.4 Å². The summed E-state index contributed by atoms with van der Waals surface area (Å²) in [4.78, 5) is 25.4. The minimum Gasteiger partial charge on any atom is -0.491 e. The van der Waals surface area contributed by atoms with Crippen molar-refractivity contribution in [2.45, 2.75) is 18.9 Å². The SMILES string of the molecule is COc1c(F)c(F)cc(-c2ccc(C(=O)N3CCC[C@H]3C(=O)O)s2)c1F. The van der Waals surface area contributed by atoms with E-state index in [1.165, 1.54) is 17.0 Å². The molecular formula is C17H14F3NO4S. The van der Waals surface area contributed by atoms with E-state index in [-0.39, 0.29) is 15.3 Å². The number of carbonyl (C=O) groups excluding carboxylic acids is 1. The van der Waals surface area contributed by atoms with Crippen LogP contribution in [0.2, 0.25) is 0 Å². The predicted octanol–water partition coefficient (Wildman–Crippen LogP) is 3.53. The molecule has 1 saturated heterocycles. The third kappa shape index (κ3) is 3.03. The zero-order valence-electron chi connectivity index (χ0n) is 13.6.